The van der Waals surface area contributed by atoms with Crippen molar-refractivity contribution in [1.29, 1.82) is 5.26 Å². The van der Waals surface area contributed by atoms with Crippen LogP contribution in [0.4, 0.5) is 5.69 Å². The minimum atomic E-state index is 0.753. The molecule has 1 aromatic carbocycles. The van der Waals surface area contributed by atoms with Crippen molar-refractivity contribution in [2.45, 2.75) is 32.6 Å². The first-order valence-corrected chi connectivity index (χ1v) is 6.04. The number of hydrogen-bond donors (Lipinski definition) is 1. The predicted octanol–water partition coefficient (Wildman–Crippen LogP) is 3.47. The van der Waals surface area contributed by atoms with Gasteiger partial charge in [-0.25, -0.2) is 0 Å². The van der Waals surface area contributed by atoms with Gasteiger partial charge in [-0.1, -0.05) is 18.9 Å². The van der Waals surface area contributed by atoms with Gasteiger partial charge in [0.25, 0.3) is 0 Å². The van der Waals surface area contributed by atoms with Gasteiger partial charge >= 0.3 is 0 Å². The Hall–Kier alpha value is -1.49. The summed E-state index contributed by atoms with van der Waals surface area (Å²) in [7, 11) is 0. The van der Waals surface area contributed by atoms with E-state index in [9.17, 15) is 0 Å². The summed E-state index contributed by atoms with van der Waals surface area (Å²) in [5, 5.41) is 12.4. The van der Waals surface area contributed by atoms with E-state index in [2.05, 4.69) is 24.4 Å². The van der Waals surface area contributed by atoms with E-state index in [4.69, 9.17) is 5.26 Å². The highest BCUT2D eigenvalue weighted by molar-refractivity contribution is 5.58. The summed E-state index contributed by atoms with van der Waals surface area (Å²) in [6, 6.07) is 8.18. The maximum Gasteiger partial charge on any atom is 0.101 e. The number of rotatable bonds is 3. The standard InChI is InChI=1S/C14H18N2/c1-11-6-7-13(9-15)14(8-11)16-10-12-4-2-3-5-12/h6-8,12,16H,2-5,10H2,1H3. The van der Waals surface area contributed by atoms with Gasteiger partial charge in [0.15, 0.2) is 0 Å². The van der Waals surface area contributed by atoms with Crippen LogP contribution in [0.1, 0.15) is 36.8 Å². The molecule has 2 nitrogen and oxygen atoms in total. The summed E-state index contributed by atoms with van der Waals surface area (Å²) in [6.45, 7) is 3.07. The van der Waals surface area contributed by atoms with Crippen molar-refractivity contribution in [3.8, 4) is 6.07 Å². The summed E-state index contributed by atoms with van der Waals surface area (Å²) in [5.41, 5.74) is 2.95. The van der Waals surface area contributed by atoms with Gasteiger partial charge in [0.05, 0.1) is 11.3 Å². The molecular formula is C14H18N2. The third-order valence-corrected chi connectivity index (χ3v) is 3.35. The van der Waals surface area contributed by atoms with E-state index in [1.165, 1.54) is 31.2 Å². The molecule has 2 rings (SSSR count). The lowest BCUT2D eigenvalue weighted by molar-refractivity contribution is 0.580. The molecule has 0 heterocycles. The highest BCUT2D eigenvalue weighted by Gasteiger charge is 2.14. The minimum Gasteiger partial charge on any atom is -0.384 e. The van der Waals surface area contributed by atoms with Gasteiger partial charge in [0.2, 0.25) is 0 Å². The van der Waals surface area contributed by atoms with Crippen molar-refractivity contribution < 1.29 is 0 Å². The third kappa shape index (κ3) is 2.55. The molecule has 0 bridgehead atoms. The maximum atomic E-state index is 9.01. The second-order valence-corrected chi connectivity index (χ2v) is 4.69. The molecule has 0 spiro atoms. The van der Waals surface area contributed by atoms with Crippen LogP contribution in [0.5, 0.6) is 0 Å². The van der Waals surface area contributed by atoms with E-state index in [0.29, 0.717) is 0 Å². The third-order valence-electron chi connectivity index (χ3n) is 3.35. The molecule has 1 saturated carbocycles. The lowest BCUT2D eigenvalue weighted by atomic mass is 10.1. The first kappa shape index (κ1) is 11.0. The summed E-state index contributed by atoms with van der Waals surface area (Å²) >= 11 is 0. The molecule has 1 fully saturated rings. The second kappa shape index (κ2) is 5.03. The fourth-order valence-electron chi connectivity index (χ4n) is 2.37. The normalized spacial score (nSPS) is 16.0. The molecule has 0 unspecified atom stereocenters. The molecule has 0 radical (unpaired) electrons. The monoisotopic (exact) mass is 214 g/mol. The Bertz CT molecular complexity index is 398. The molecule has 84 valence electrons. The zero-order chi connectivity index (χ0) is 11.4. The quantitative estimate of drug-likeness (QED) is 0.836. The average molecular weight is 214 g/mol. The number of nitriles is 1. The van der Waals surface area contributed by atoms with Crippen LogP contribution in [0.3, 0.4) is 0 Å². The molecule has 16 heavy (non-hydrogen) atoms. The molecule has 0 saturated heterocycles. The number of hydrogen-bond acceptors (Lipinski definition) is 2. The Labute approximate surface area is 97.3 Å². The van der Waals surface area contributed by atoms with Crippen molar-refractivity contribution in [2.24, 2.45) is 5.92 Å². The van der Waals surface area contributed by atoms with E-state index >= 15 is 0 Å². The number of anilines is 1. The summed E-state index contributed by atoms with van der Waals surface area (Å²) in [5.74, 6) is 0.798. The Morgan fingerprint density at radius 1 is 1.38 bits per heavy atom. The summed E-state index contributed by atoms with van der Waals surface area (Å²) in [4.78, 5) is 0. The zero-order valence-electron chi connectivity index (χ0n) is 9.79. The molecule has 0 aliphatic heterocycles. The van der Waals surface area contributed by atoms with Crippen molar-refractivity contribution in [1.82, 2.24) is 0 Å². The lowest BCUT2D eigenvalue weighted by Crippen LogP contribution is -2.11. The summed E-state index contributed by atoms with van der Waals surface area (Å²) < 4.78 is 0. The van der Waals surface area contributed by atoms with Crippen LogP contribution in [0, 0.1) is 24.2 Å². The van der Waals surface area contributed by atoms with E-state index in [0.717, 1.165) is 23.7 Å². The molecule has 1 aromatic rings. The van der Waals surface area contributed by atoms with Gasteiger partial charge in [0.1, 0.15) is 6.07 Å². The van der Waals surface area contributed by atoms with Gasteiger partial charge < -0.3 is 5.32 Å². The van der Waals surface area contributed by atoms with Crippen molar-refractivity contribution in [3.63, 3.8) is 0 Å². The van der Waals surface area contributed by atoms with Gasteiger partial charge in [-0.15, -0.1) is 0 Å². The number of nitrogens with zero attached hydrogens (tertiary/aromatic N) is 1. The Kier molecular flexibility index (Phi) is 3.46. The molecule has 0 aromatic heterocycles. The largest absolute Gasteiger partial charge is 0.384 e. The fraction of sp³-hybridized carbons (Fsp3) is 0.500. The SMILES string of the molecule is Cc1ccc(C#N)c(NCC2CCCC2)c1. The van der Waals surface area contributed by atoms with Crippen LogP contribution in [0.2, 0.25) is 0 Å². The smallest absolute Gasteiger partial charge is 0.101 e. The van der Waals surface area contributed by atoms with E-state index in [1.807, 2.05) is 12.1 Å². The first-order valence-electron chi connectivity index (χ1n) is 6.04. The molecule has 1 aliphatic carbocycles. The molecule has 2 heteroatoms. The number of aryl methyl sites for hydroxylation is 1. The molecule has 1 N–H and O–H groups in total. The molecule has 0 amide bonds. The van der Waals surface area contributed by atoms with Crippen molar-refractivity contribution >= 4 is 5.69 Å². The van der Waals surface area contributed by atoms with E-state index < -0.39 is 0 Å². The Balaban J connectivity index is 2.02. The van der Waals surface area contributed by atoms with Crippen molar-refractivity contribution in [2.75, 3.05) is 11.9 Å². The van der Waals surface area contributed by atoms with Crippen LogP contribution in [-0.4, -0.2) is 6.54 Å². The van der Waals surface area contributed by atoms with Crippen LogP contribution in [0.25, 0.3) is 0 Å². The Morgan fingerprint density at radius 3 is 2.81 bits per heavy atom. The Morgan fingerprint density at radius 2 is 2.12 bits per heavy atom. The van der Waals surface area contributed by atoms with Gasteiger partial charge in [-0.05, 0) is 43.4 Å². The van der Waals surface area contributed by atoms with Crippen LogP contribution < -0.4 is 5.32 Å². The van der Waals surface area contributed by atoms with Gasteiger partial charge in [-0.2, -0.15) is 5.26 Å². The second-order valence-electron chi connectivity index (χ2n) is 4.69. The molecule has 0 atom stereocenters. The summed E-state index contributed by atoms with van der Waals surface area (Å²) in [6.07, 6.45) is 5.40. The number of benzene rings is 1. The topological polar surface area (TPSA) is 35.8 Å². The first-order chi connectivity index (χ1) is 7.79. The zero-order valence-corrected chi connectivity index (χ0v) is 9.79. The fourth-order valence-corrected chi connectivity index (χ4v) is 2.37. The molecule has 1 aliphatic rings. The van der Waals surface area contributed by atoms with E-state index in [-0.39, 0.29) is 0 Å². The maximum absolute atomic E-state index is 9.01. The predicted molar refractivity (Wildman–Crippen MR) is 66.3 cm³/mol. The van der Waals surface area contributed by atoms with Gasteiger partial charge in [-0.3, -0.25) is 0 Å². The minimum absolute atomic E-state index is 0.753. The highest BCUT2D eigenvalue weighted by atomic mass is 14.9. The lowest BCUT2D eigenvalue weighted by Gasteiger charge is -2.13. The van der Waals surface area contributed by atoms with Crippen LogP contribution >= 0.6 is 0 Å². The van der Waals surface area contributed by atoms with Crippen molar-refractivity contribution in [3.05, 3.63) is 29.3 Å². The highest BCUT2D eigenvalue weighted by Crippen LogP contribution is 2.25. The molecular weight excluding hydrogens is 196 g/mol. The number of nitrogens with one attached hydrogen (secondary N) is 1. The van der Waals surface area contributed by atoms with E-state index in [1.54, 1.807) is 0 Å². The van der Waals surface area contributed by atoms with Crippen LogP contribution in [-0.2, 0) is 0 Å². The van der Waals surface area contributed by atoms with Gasteiger partial charge in [0, 0.05) is 6.54 Å². The average Bonchev–Trinajstić information content (AvgIpc) is 2.79. The van der Waals surface area contributed by atoms with Crippen LogP contribution in [0.15, 0.2) is 18.2 Å².